The lowest BCUT2D eigenvalue weighted by molar-refractivity contribution is -0.0979. The van der Waals surface area contributed by atoms with Gasteiger partial charge >= 0.3 is 0 Å². The summed E-state index contributed by atoms with van der Waals surface area (Å²) in [6, 6.07) is 6.32. The fraction of sp³-hybridized carbons (Fsp3) is 0.600. The molecule has 18 heavy (non-hydrogen) atoms. The van der Waals surface area contributed by atoms with E-state index in [1.54, 1.807) is 7.11 Å². The van der Waals surface area contributed by atoms with Crippen LogP contribution in [0.25, 0.3) is 0 Å². The molecule has 0 bridgehead atoms. The summed E-state index contributed by atoms with van der Waals surface area (Å²) in [5.41, 5.74) is 2.05. The molecule has 2 rings (SSSR count). The number of aryl methyl sites for hydroxylation is 1. The Morgan fingerprint density at radius 2 is 2.17 bits per heavy atom. The Balaban J connectivity index is 1.95. The molecule has 2 N–H and O–H groups in total. The van der Waals surface area contributed by atoms with Crippen molar-refractivity contribution in [3.8, 4) is 5.75 Å². The van der Waals surface area contributed by atoms with E-state index in [-0.39, 0.29) is 5.41 Å². The van der Waals surface area contributed by atoms with Crippen molar-refractivity contribution < 1.29 is 9.84 Å². The monoisotopic (exact) mass is 249 g/mol. The first-order valence-electron chi connectivity index (χ1n) is 6.50. The molecule has 100 valence electrons. The third-order valence-corrected chi connectivity index (χ3v) is 4.32. The summed E-state index contributed by atoms with van der Waals surface area (Å²) in [5, 5.41) is 13.5. The second-order valence-corrected chi connectivity index (χ2v) is 5.80. The van der Waals surface area contributed by atoms with Crippen LogP contribution >= 0.6 is 0 Å². The summed E-state index contributed by atoms with van der Waals surface area (Å²) in [6.07, 6.45) is 1.37. The molecule has 1 saturated carbocycles. The van der Waals surface area contributed by atoms with Gasteiger partial charge in [-0.3, -0.25) is 0 Å². The Hall–Kier alpha value is -1.06. The summed E-state index contributed by atoms with van der Waals surface area (Å²) in [6.45, 7) is 7.07. The van der Waals surface area contributed by atoms with E-state index in [4.69, 9.17) is 4.74 Å². The molecule has 0 radical (unpaired) electrons. The highest BCUT2D eigenvalue weighted by molar-refractivity contribution is 5.39. The third kappa shape index (κ3) is 2.25. The second kappa shape index (κ2) is 4.90. The lowest BCUT2D eigenvalue weighted by Crippen LogP contribution is -2.60. The highest BCUT2D eigenvalue weighted by Crippen LogP contribution is 2.42. The molecule has 2 atom stereocenters. The molecule has 0 saturated heterocycles. The number of methoxy groups -OCH3 is 1. The second-order valence-electron chi connectivity index (χ2n) is 5.80. The van der Waals surface area contributed by atoms with Gasteiger partial charge in [0.15, 0.2) is 0 Å². The van der Waals surface area contributed by atoms with Crippen LogP contribution in [0.2, 0.25) is 0 Å². The zero-order valence-corrected chi connectivity index (χ0v) is 11.7. The van der Waals surface area contributed by atoms with E-state index >= 15 is 0 Å². The normalized spacial score (nSPS) is 25.8. The van der Waals surface area contributed by atoms with E-state index in [9.17, 15) is 5.11 Å². The number of ether oxygens (including phenoxy) is 1. The highest BCUT2D eigenvalue weighted by Gasteiger charge is 2.48. The molecule has 0 aliphatic heterocycles. The predicted molar refractivity (Wildman–Crippen MR) is 72.7 cm³/mol. The van der Waals surface area contributed by atoms with Crippen LogP contribution in [-0.2, 0) is 11.3 Å². The van der Waals surface area contributed by atoms with Gasteiger partial charge in [0.1, 0.15) is 5.75 Å². The van der Waals surface area contributed by atoms with Crippen LogP contribution in [0.5, 0.6) is 5.75 Å². The molecule has 0 amide bonds. The van der Waals surface area contributed by atoms with Gasteiger partial charge in [-0.05, 0) is 18.9 Å². The van der Waals surface area contributed by atoms with Crippen molar-refractivity contribution in [1.82, 2.24) is 5.32 Å². The number of phenolic OH excluding ortho intramolecular Hbond substituents is 1. The standard InChI is InChI=1S/C15H23NO2/c1-10-6-5-7-11(14(10)17)9-16-12-8-13(18-4)15(12,2)3/h5-7,12-13,16-17H,8-9H2,1-4H3. The number of nitrogens with one attached hydrogen (secondary N) is 1. The summed E-state index contributed by atoms with van der Waals surface area (Å²) < 4.78 is 5.44. The van der Waals surface area contributed by atoms with Crippen LogP contribution < -0.4 is 5.32 Å². The van der Waals surface area contributed by atoms with Gasteiger partial charge in [-0.25, -0.2) is 0 Å². The topological polar surface area (TPSA) is 41.5 Å². The van der Waals surface area contributed by atoms with Crippen LogP contribution in [0, 0.1) is 12.3 Å². The molecular weight excluding hydrogens is 226 g/mol. The predicted octanol–water partition coefficient (Wildman–Crippen LogP) is 2.60. The van der Waals surface area contributed by atoms with Crippen molar-refractivity contribution in [2.24, 2.45) is 5.41 Å². The number of phenols is 1. The fourth-order valence-corrected chi connectivity index (χ4v) is 2.73. The number of para-hydroxylation sites is 1. The molecular formula is C15H23NO2. The maximum Gasteiger partial charge on any atom is 0.122 e. The number of rotatable bonds is 4. The molecule has 3 heteroatoms. The average molecular weight is 249 g/mol. The minimum atomic E-state index is 0.161. The molecule has 0 spiro atoms. The first-order valence-corrected chi connectivity index (χ1v) is 6.50. The van der Waals surface area contributed by atoms with Crippen LogP contribution in [0.4, 0.5) is 0 Å². The molecule has 1 aromatic rings. The van der Waals surface area contributed by atoms with E-state index in [1.165, 1.54) is 0 Å². The largest absolute Gasteiger partial charge is 0.507 e. The van der Waals surface area contributed by atoms with Crippen molar-refractivity contribution in [2.75, 3.05) is 7.11 Å². The van der Waals surface area contributed by atoms with E-state index < -0.39 is 0 Å². The van der Waals surface area contributed by atoms with Gasteiger partial charge in [-0.1, -0.05) is 32.0 Å². The van der Waals surface area contributed by atoms with Crippen molar-refractivity contribution in [3.63, 3.8) is 0 Å². The lowest BCUT2D eigenvalue weighted by atomic mass is 9.64. The first-order chi connectivity index (χ1) is 8.46. The Morgan fingerprint density at radius 1 is 1.44 bits per heavy atom. The minimum absolute atomic E-state index is 0.161. The maximum absolute atomic E-state index is 9.96. The van der Waals surface area contributed by atoms with Crippen LogP contribution in [-0.4, -0.2) is 24.4 Å². The zero-order valence-electron chi connectivity index (χ0n) is 11.7. The highest BCUT2D eigenvalue weighted by atomic mass is 16.5. The van der Waals surface area contributed by atoms with Gasteiger partial charge in [0.25, 0.3) is 0 Å². The summed E-state index contributed by atoms with van der Waals surface area (Å²) in [7, 11) is 1.77. The fourth-order valence-electron chi connectivity index (χ4n) is 2.73. The van der Waals surface area contributed by atoms with Crippen molar-refractivity contribution in [1.29, 1.82) is 0 Å². The third-order valence-electron chi connectivity index (χ3n) is 4.32. The Morgan fingerprint density at radius 3 is 2.78 bits per heavy atom. The molecule has 1 fully saturated rings. The quantitative estimate of drug-likeness (QED) is 0.862. The summed E-state index contributed by atoms with van der Waals surface area (Å²) >= 11 is 0. The van der Waals surface area contributed by atoms with Gasteiger partial charge in [-0.2, -0.15) is 0 Å². The van der Waals surface area contributed by atoms with Crippen molar-refractivity contribution in [2.45, 2.75) is 45.9 Å². The average Bonchev–Trinajstić information content (AvgIpc) is 2.33. The minimum Gasteiger partial charge on any atom is -0.507 e. The molecule has 0 aromatic heterocycles. The van der Waals surface area contributed by atoms with Gasteiger partial charge in [-0.15, -0.1) is 0 Å². The van der Waals surface area contributed by atoms with Gasteiger partial charge in [0.05, 0.1) is 6.10 Å². The van der Waals surface area contributed by atoms with Gasteiger partial charge in [0, 0.05) is 30.7 Å². The Bertz CT molecular complexity index is 429. The van der Waals surface area contributed by atoms with E-state index in [0.29, 0.717) is 24.4 Å². The lowest BCUT2D eigenvalue weighted by Gasteiger charge is -2.51. The van der Waals surface area contributed by atoms with Gasteiger partial charge in [0.2, 0.25) is 0 Å². The molecule has 1 aliphatic carbocycles. The zero-order chi connectivity index (χ0) is 13.3. The molecule has 1 aliphatic rings. The number of hydrogen-bond donors (Lipinski definition) is 2. The Kier molecular flexibility index (Phi) is 3.64. The Labute approximate surface area is 109 Å². The van der Waals surface area contributed by atoms with Crippen LogP contribution in [0.3, 0.4) is 0 Å². The van der Waals surface area contributed by atoms with Crippen molar-refractivity contribution >= 4 is 0 Å². The SMILES string of the molecule is COC1CC(NCc2cccc(C)c2O)C1(C)C. The van der Waals surface area contributed by atoms with Crippen molar-refractivity contribution in [3.05, 3.63) is 29.3 Å². The van der Waals surface area contributed by atoms with E-state index in [1.807, 2.05) is 25.1 Å². The van der Waals surface area contributed by atoms with E-state index in [0.717, 1.165) is 17.5 Å². The van der Waals surface area contributed by atoms with E-state index in [2.05, 4.69) is 19.2 Å². The number of benzene rings is 1. The molecule has 3 nitrogen and oxygen atoms in total. The molecule has 0 heterocycles. The molecule has 2 unspecified atom stereocenters. The van der Waals surface area contributed by atoms with Gasteiger partial charge < -0.3 is 15.2 Å². The maximum atomic E-state index is 9.96. The number of aromatic hydroxyl groups is 1. The number of hydrogen-bond acceptors (Lipinski definition) is 3. The van der Waals surface area contributed by atoms with Crippen LogP contribution in [0.1, 0.15) is 31.4 Å². The summed E-state index contributed by atoms with van der Waals surface area (Å²) in [5.74, 6) is 0.408. The summed E-state index contributed by atoms with van der Waals surface area (Å²) in [4.78, 5) is 0. The first kappa shape index (κ1) is 13.4. The van der Waals surface area contributed by atoms with Crippen LogP contribution in [0.15, 0.2) is 18.2 Å². The smallest absolute Gasteiger partial charge is 0.122 e. The molecule has 1 aromatic carbocycles.